The van der Waals surface area contributed by atoms with Gasteiger partial charge in [0.05, 0.1) is 0 Å². The van der Waals surface area contributed by atoms with E-state index < -0.39 is 0 Å². The van der Waals surface area contributed by atoms with Crippen LogP contribution in [-0.4, -0.2) is 24.4 Å². The lowest BCUT2D eigenvalue weighted by Crippen LogP contribution is -2.32. The molecule has 1 aliphatic heterocycles. The van der Waals surface area contributed by atoms with E-state index in [2.05, 4.69) is 12.2 Å². The first-order chi connectivity index (χ1) is 7.79. The molecule has 0 unspecified atom stereocenters. The first-order valence-electron chi connectivity index (χ1n) is 5.73. The Morgan fingerprint density at radius 1 is 1.25 bits per heavy atom. The summed E-state index contributed by atoms with van der Waals surface area (Å²) in [5.41, 5.74) is 1.37. The van der Waals surface area contributed by atoms with Gasteiger partial charge in [0, 0.05) is 18.1 Å². The quantitative estimate of drug-likeness (QED) is 0.677. The van der Waals surface area contributed by atoms with Gasteiger partial charge in [-0.15, -0.1) is 0 Å². The lowest BCUT2D eigenvalue weighted by Gasteiger charge is -2.29. The highest BCUT2D eigenvalue weighted by atomic mass is 35.5. The molecule has 2 rings (SSSR count). The lowest BCUT2D eigenvalue weighted by molar-refractivity contribution is -0.119. The van der Waals surface area contributed by atoms with Crippen molar-refractivity contribution in [1.82, 2.24) is 4.90 Å². The van der Waals surface area contributed by atoms with Gasteiger partial charge >= 0.3 is 0 Å². The summed E-state index contributed by atoms with van der Waals surface area (Å²) < 4.78 is 0. The average molecular weight is 238 g/mol. The van der Waals surface area contributed by atoms with Crippen molar-refractivity contribution < 1.29 is 4.79 Å². The summed E-state index contributed by atoms with van der Waals surface area (Å²) in [6, 6.07) is 0. The molecular weight excluding hydrogens is 222 g/mol. The smallest absolute Gasteiger partial charge is 0.209 e. The zero-order valence-corrected chi connectivity index (χ0v) is 9.99. The minimum Gasteiger partial charge on any atom is -0.345 e. The molecule has 2 aliphatic rings. The molecule has 0 saturated carbocycles. The lowest BCUT2D eigenvalue weighted by atomic mass is 9.88. The molecule has 0 atom stereocenters. The van der Waals surface area contributed by atoms with Crippen molar-refractivity contribution in [3.8, 4) is 0 Å². The summed E-state index contributed by atoms with van der Waals surface area (Å²) in [6.45, 7) is 1.75. The van der Waals surface area contributed by atoms with E-state index >= 15 is 0 Å². The maximum atomic E-state index is 10.6. The van der Waals surface area contributed by atoms with E-state index in [0.29, 0.717) is 5.92 Å². The molecule has 1 amide bonds. The van der Waals surface area contributed by atoms with Crippen molar-refractivity contribution in [2.24, 2.45) is 5.92 Å². The van der Waals surface area contributed by atoms with Gasteiger partial charge in [-0.1, -0.05) is 29.8 Å². The molecule has 0 spiro atoms. The summed E-state index contributed by atoms with van der Waals surface area (Å²) in [7, 11) is 0. The van der Waals surface area contributed by atoms with E-state index in [4.69, 9.17) is 11.6 Å². The normalized spacial score (nSPS) is 22.4. The number of carbonyl (C=O) groups excluding carboxylic acids is 1. The first-order valence-corrected chi connectivity index (χ1v) is 6.10. The molecule has 0 bridgehead atoms. The number of nitrogens with zero attached hydrogens (tertiary/aromatic N) is 1. The summed E-state index contributed by atoms with van der Waals surface area (Å²) in [6.07, 6.45) is 12.3. The van der Waals surface area contributed by atoms with Crippen LogP contribution in [0.25, 0.3) is 0 Å². The van der Waals surface area contributed by atoms with Crippen LogP contribution < -0.4 is 0 Å². The van der Waals surface area contributed by atoms with Gasteiger partial charge in [-0.25, -0.2) is 0 Å². The fourth-order valence-electron chi connectivity index (χ4n) is 2.26. The molecule has 0 radical (unpaired) electrons. The van der Waals surface area contributed by atoms with Crippen molar-refractivity contribution in [1.29, 1.82) is 0 Å². The number of likely N-dealkylation sites (tertiary alicyclic amines) is 1. The predicted octanol–water partition coefficient (Wildman–Crippen LogP) is 2.86. The van der Waals surface area contributed by atoms with E-state index in [1.165, 1.54) is 5.57 Å². The van der Waals surface area contributed by atoms with Crippen LogP contribution in [-0.2, 0) is 4.79 Å². The fraction of sp³-hybridized carbons (Fsp3) is 0.462. The van der Waals surface area contributed by atoms with Crippen LogP contribution in [0.3, 0.4) is 0 Å². The molecule has 86 valence electrons. The number of piperidine rings is 1. The molecular formula is C13H16ClNO. The Bertz CT molecular complexity index is 349. The highest BCUT2D eigenvalue weighted by molar-refractivity contribution is 6.31. The molecule has 0 aromatic carbocycles. The van der Waals surface area contributed by atoms with E-state index in [1.54, 1.807) is 0 Å². The third-order valence-corrected chi connectivity index (χ3v) is 3.53. The first kappa shape index (κ1) is 11.5. The number of hydrogen-bond acceptors (Lipinski definition) is 1. The fourth-order valence-corrected chi connectivity index (χ4v) is 2.41. The van der Waals surface area contributed by atoms with Crippen LogP contribution in [0, 0.1) is 5.92 Å². The third-order valence-electron chi connectivity index (χ3n) is 3.25. The van der Waals surface area contributed by atoms with Crippen LogP contribution in [0.5, 0.6) is 0 Å². The molecule has 3 heteroatoms. The van der Waals surface area contributed by atoms with Gasteiger partial charge in [0.25, 0.3) is 0 Å². The van der Waals surface area contributed by atoms with Gasteiger partial charge in [-0.2, -0.15) is 0 Å². The van der Waals surface area contributed by atoms with Crippen molar-refractivity contribution in [2.45, 2.75) is 19.3 Å². The highest BCUT2D eigenvalue weighted by Gasteiger charge is 2.20. The summed E-state index contributed by atoms with van der Waals surface area (Å²) >= 11 is 5.96. The topological polar surface area (TPSA) is 20.3 Å². The second-order valence-corrected chi connectivity index (χ2v) is 4.71. The maximum absolute atomic E-state index is 10.6. The number of amides is 1. The van der Waals surface area contributed by atoms with Crippen molar-refractivity contribution in [2.75, 3.05) is 13.1 Å². The largest absolute Gasteiger partial charge is 0.345 e. The Kier molecular flexibility index (Phi) is 3.83. The van der Waals surface area contributed by atoms with Crippen LogP contribution in [0.4, 0.5) is 0 Å². The molecule has 0 aromatic rings. The number of halogens is 1. The van der Waals surface area contributed by atoms with Gasteiger partial charge in [-0.3, -0.25) is 4.79 Å². The highest BCUT2D eigenvalue weighted by Crippen LogP contribution is 2.27. The number of carbonyl (C=O) groups is 1. The molecule has 2 nitrogen and oxygen atoms in total. The van der Waals surface area contributed by atoms with Gasteiger partial charge in [0.1, 0.15) is 0 Å². The predicted molar refractivity (Wildman–Crippen MR) is 66.1 cm³/mol. The Hall–Kier alpha value is -1.02. The van der Waals surface area contributed by atoms with Gasteiger partial charge in [-0.05, 0) is 36.8 Å². The molecule has 16 heavy (non-hydrogen) atoms. The Morgan fingerprint density at radius 3 is 2.69 bits per heavy atom. The number of allylic oxidation sites excluding steroid dienone is 6. The monoisotopic (exact) mass is 237 g/mol. The molecule has 0 N–H and O–H groups in total. The van der Waals surface area contributed by atoms with E-state index in [9.17, 15) is 4.79 Å². The van der Waals surface area contributed by atoms with Crippen molar-refractivity contribution in [3.05, 3.63) is 34.9 Å². The second-order valence-electron chi connectivity index (χ2n) is 4.28. The molecule has 1 fully saturated rings. The zero-order valence-electron chi connectivity index (χ0n) is 9.23. The summed E-state index contributed by atoms with van der Waals surface area (Å²) in [5, 5.41) is 0.816. The van der Waals surface area contributed by atoms with Crippen LogP contribution >= 0.6 is 11.6 Å². The Balaban J connectivity index is 1.97. The van der Waals surface area contributed by atoms with E-state index in [0.717, 1.165) is 43.8 Å². The van der Waals surface area contributed by atoms with Crippen molar-refractivity contribution in [3.63, 3.8) is 0 Å². The van der Waals surface area contributed by atoms with Crippen LogP contribution in [0.2, 0.25) is 0 Å². The molecule has 0 aromatic heterocycles. The zero-order chi connectivity index (χ0) is 11.4. The summed E-state index contributed by atoms with van der Waals surface area (Å²) in [5.74, 6) is 0.586. The van der Waals surface area contributed by atoms with Gasteiger partial charge < -0.3 is 4.90 Å². The Morgan fingerprint density at radius 2 is 2.00 bits per heavy atom. The Labute approximate surface area is 101 Å². The number of hydrogen-bond donors (Lipinski definition) is 0. The second kappa shape index (κ2) is 5.35. The van der Waals surface area contributed by atoms with Crippen molar-refractivity contribution >= 4 is 18.0 Å². The van der Waals surface area contributed by atoms with Gasteiger partial charge in [0.15, 0.2) is 0 Å². The molecule has 1 aliphatic carbocycles. The summed E-state index contributed by atoms with van der Waals surface area (Å²) in [4.78, 5) is 12.5. The van der Waals surface area contributed by atoms with Crippen LogP contribution in [0.1, 0.15) is 19.3 Å². The SMILES string of the molecule is O=CN1CCC(C2=CCC=C(Cl)C=C2)CC1. The molecule has 1 saturated heterocycles. The van der Waals surface area contributed by atoms with E-state index in [1.807, 2.05) is 17.1 Å². The maximum Gasteiger partial charge on any atom is 0.209 e. The average Bonchev–Trinajstić information content (AvgIpc) is 2.54. The minimum atomic E-state index is 0.586. The molecule has 1 heterocycles. The van der Waals surface area contributed by atoms with Gasteiger partial charge in [0.2, 0.25) is 6.41 Å². The van der Waals surface area contributed by atoms with E-state index in [-0.39, 0.29) is 0 Å². The third kappa shape index (κ3) is 2.76. The standard InChI is InChI=1S/C13H16ClNO/c14-13-3-1-2-11(4-5-13)12-6-8-15(10-16)9-7-12/h2-5,10,12H,1,6-9H2. The number of rotatable bonds is 2. The van der Waals surface area contributed by atoms with Crippen LogP contribution in [0.15, 0.2) is 34.9 Å². The minimum absolute atomic E-state index is 0.586.